The number of fused-ring (bicyclic) bond motifs is 1. The van der Waals surface area contributed by atoms with E-state index in [1.807, 2.05) is 54.6 Å². The zero-order chi connectivity index (χ0) is 21.8. The fourth-order valence-corrected chi connectivity index (χ4v) is 3.25. The summed E-state index contributed by atoms with van der Waals surface area (Å²) < 4.78 is 0. The number of aromatic nitrogens is 1. The third-order valence-corrected chi connectivity index (χ3v) is 4.93. The smallest absolute Gasteiger partial charge is 0.267 e. The van der Waals surface area contributed by atoms with Crippen molar-refractivity contribution in [3.8, 4) is 11.3 Å². The number of amides is 1. The van der Waals surface area contributed by atoms with Crippen molar-refractivity contribution >= 4 is 40.3 Å². The number of carbonyl (C=O) groups excluding carboxylic acids is 1. The number of hydrogen-bond donors (Lipinski definition) is 1. The van der Waals surface area contributed by atoms with Crippen LogP contribution < -0.4 is 5.43 Å². The second kappa shape index (κ2) is 8.73. The molecular formula is C23H15ClN4O3. The molecule has 0 bridgehead atoms. The molecule has 31 heavy (non-hydrogen) atoms. The Morgan fingerprint density at radius 2 is 1.77 bits per heavy atom. The topological polar surface area (TPSA) is 97.5 Å². The molecule has 0 aliphatic carbocycles. The van der Waals surface area contributed by atoms with E-state index in [4.69, 9.17) is 11.6 Å². The van der Waals surface area contributed by atoms with E-state index in [2.05, 4.69) is 15.5 Å². The largest absolute Gasteiger partial charge is 0.272 e. The summed E-state index contributed by atoms with van der Waals surface area (Å²) in [5, 5.41) is 15.8. The maximum absolute atomic E-state index is 12.9. The van der Waals surface area contributed by atoms with Crippen LogP contribution in [-0.2, 0) is 0 Å². The second-order valence-corrected chi connectivity index (χ2v) is 7.01. The van der Waals surface area contributed by atoms with Gasteiger partial charge in [0.1, 0.15) is 0 Å². The summed E-state index contributed by atoms with van der Waals surface area (Å²) in [5.41, 5.74) is 5.30. The van der Waals surface area contributed by atoms with Crippen LogP contribution in [0, 0.1) is 10.1 Å². The molecule has 4 rings (SSSR count). The van der Waals surface area contributed by atoms with Crippen molar-refractivity contribution in [3.63, 3.8) is 0 Å². The lowest BCUT2D eigenvalue weighted by Gasteiger charge is -2.09. The Morgan fingerprint density at radius 3 is 2.55 bits per heavy atom. The summed E-state index contributed by atoms with van der Waals surface area (Å²) in [6.45, 7) is 0. The van der Waals surface area contributed by atoms with Crippen molar-refractivity contribution in [2.45, 2.75) is 0 Å². The molecule has 1 amide bonds. The first-order valence-corrected chi connectivity index (χ1v) is 9.63. The van der Waals surface area contributed by atoms with Crippen molar-refractivity contribution in [2.75, 3.05) is 0 Å². The van der Waals surface area contributed by atoms with Gasteiger partial charge in [-0.3, -0.25) is 14.9 Å². The lowest BCUT2D eigenvalue weighted by molar-refractivity contribution is -0.384. The maximum Gasteiger partial charge on any atom is 0.272 e. The van der Waals surface area contributed by atoms with Gasteiger partial charge in [0.2, 0.25) is 0 Å². The Kier molecular flexibility index (Phi) is 5.68. The molecule has 0 aliphatic heterocycles. The predicted octanol–water partition coefficient (Wildman–Crippen LogP) is 5.23. The SMILES string of the molecule is O=C(N/N=C/c1cc([N+](=O)[O-])ccc1Cl)c1cc(-c2ccccc2)nc2ccccc12. The Bertz CT molecular complexity index is 1320. The molecule has 3 aromatic carbocycles. The molecule has 1 heterocycles. The standard InChI is InChI=1S/C23H15ClN4O3/c24-20-11-10-17(28(30)31)12-16(20)14-25-27-23(29)19-13-22(15-6-2-1-3-7-15)26-21-9-5-4-8-18(19)21/h1-14H,(H,27,29)/b25-14+. The summed E-state index contributed by atoms with van der Waals surface area (Å²) in [5.74, 6) is -0.436. The number of hydrogen-bond acceptors (Lipinski definition) is 5. The second-order valence-electron chi connectivity index (χ2n) is 6.60. The number of nitrogens with zero attached hydrogens (tertiary/aromatic N) is 3. The number of nitrogens with one attached hydrogen (secondary N) is 1. The number of nitro benzene ring substituents is 1. The van der Waals surface area contributed by atoms with Crippen LogP contribution in [0.15, 0.2) is 84.0 Å². The van der Waals surface area contributed by atoms with Crippen molar-refractivity contribution in [1.82, 2.24) is 10.4 Å². The number of pyridine rings is 1. The molecule has 0 spiro atoms. The van der Waals surface area contributed by atoms with Crippen molar-refractivity contribution in [1.29, 1.82) is 0 Å². The highest BCUT2D eigenvalue weighted by Gasteiger charge is 2.14. The van der Waals surface area contributed by atoms with E-state index in [0.717, 1.165) is 5.56 Å². The van der Waals surface area contributed by atoms with Crippen LogP contribution >= 0.6 is 11.6 Å². The van der Waals surface area contributed by atoms with Crippen molar-refractivity contribution in [3.05, 3.63) is 105 Å². The van der Waals surface area contributed by atoms with Gasteiger partial charge in [-0.2, -0.15) is 5.10 Å². The molecule has 0 unspecified atom stereocenters. The molecule has 4 aromatic rings. The number of non-ortho nitro benzene ring substituents is 1. The van der Waals surface area contributed by atoms with Crippen LogP contribution in [0.25, 0.3) is 22.2 Å². The highest BCUT2D eigenvalue weighted by atomic mass is 35.5. The Hall–Kier alpha value is -4.10. The maximum atomic E-state index is 12.9. The Balaban J connectivity index is 1.66. The molecule has 0 saturated heterocycles. The average Bonchev–Trinajstić information content (AvgIpc) is 2.79. The first-order chi connectivity index (χ1) is 15.0. The van der Waals surface area contributed by atoms with Crippen molar-refractivity contribution in [2.24, 2.45) is 5.10 Å². The van der Waals surface area contributed by atoms with Crippen LogP contribution in [0.5, 0.6) is 0 Å². The molecular weight excluding hydrogens is 416 g/mol. The highest BCUT2D eigenvalue weighted by Crippen LogP contribution is 2.25. The summed E-state index contributed by atoms with van der Waals surface area (Å²) in [6.07, 6.45) is 1.27. The minimum Gasteiger partial charge on any atom is -0.267 e. The summed E-state index contributed by atoms with van der Waals surface area (Å²) in [7, 11) is 0. The quantitative estimate of drug-likeness (QED) is 0.266. The monoisotopic (exact) mass is 430 g/mol. The Morgan fingerprint density at radius 1 is 1.03 bits per heavy atom. The van der Waals surface area contributed by atoms with E-state index < -0.39 is 10.8 Å². The number of halogens is 1. The van der Waals surface area contributed by atoms with E-state index in [0.29, 0.717) is 27.7 Å². The van der Waals surface area contributed by atoms with Gasteiger partial charge in [-0.25, -0.2) is 10.4 Å². The van der Waals surface area contributed by atoms with Crippen LogP contribution in [0.2, 0.25) is 5.02 Å². The third kappa shape index (κ3) is 4.41. The molecule has 1 N–H and O–H groups in total. The molecule has 152 valence electrons. The molecule has 0 atom stereocenters. The van der Waals surface area contributed by atoms with Gasteiger partial charge in [0.25, 0.3) is 11.6 Å². The van der Waals surface area contributed by atoms with Crippen molar-refractivity contribution < 1.29 is 9.72 Å². The van der Waals surface area contributed by atoms with Gasteiger partial charge >= 0.3 is 0 Å². The number of rotatable bonds is 5. The van der Waals surface area contributed by atoms with Crippen LogP contribution in [0.4, 0.5) is 5.69 Å². The minimum atomic E-state index is -0.527. The minimum absolute atomic E-state index is 0.121. The number of benzene rings is 3. The normalized spacial score (nSPS) is 11.0. The average molecular weight is 431 g/mol. The molecule has 1 aromatic heterocycles. The Labute approximate surface area is 182 Å². The van der Waals surface area contributed by atoms with E-state index in [1.165, 1.54) is 24.4 Å². The number of carbonyl (C=O) groups is 1. The molecule has 0 radical (unpaired) electrons. The van der Waals surface area contributed by atoms with Crippen LogP contribution in [0.1, 0.15) is 15.9 Å². The summed E-state index contributed by atoms with van der Waals surface area (Å²) in [4.78, 5) is 28.0. The summed E-state index contributed by atoms with van der Waals surface area (Å²) in [6, 6.07) is 22.6. The first-order valence-electron chi connectivity index (χ1n) is 9.25. The zero-order valence-corrected chi connectivity index (χ0v) is 16.8. The van der Waals surface area contributed by atoms with Gasteiger partial charge in [-0.15, -0.1) is 0 Å². The first kappa shape index (κ1) is 20.2. The van der Waals surface area contributed by atoms with Crippen LogP contribution in [-0.4, -0.2) is 22.0 Å². The van der Waals surface area contributed by atoms with Gasteiger partial charge in [0.15, 0.2) is 0 Å². The fourth-order valence-electron chi connectivity index (χ4n) is 3.08. The number of hydrazone groups is 1. The lowest BCUT2D eigenvalue weighted by Crippen LogP contribution is -2.18. The van der Waals surface area contributed by atoms with Gasteiger partial charge in [0.05, 0.1) is 27.9 Å². The molecule has 8 heteroatoms. The fraction of sp³-hybridized carbons (Fsp3) is 0. The highest BCUT2D eigenvalue weighted by molar-refractivity contribution is 6.33. The third-order valence-electron chi connectivity index (χ3n) is 4.59. The summed E-state index contributed by atoms with van der Waals surface area (Å²) >= 11 is 6.07. The lowest BCUT2D eigenvalue weighted by atomic mass is 10.0. The van der Waals surface area contributed by atoms with E-state index >= 15 is 0 Å². The van der Waals surface area contributed by atoms with E-state index in [9.17, 15) is 14.9 Å². The molecule has 0 saturated carbocycles. The van der Waals surface area contributed by atoms with E-state index in [-0.39, 0.29) is 10.7 Å². The molecule has 7 nitrogen and oxygen atoms in total. The van der Waals surface area contributed by atoms with Gasteiger partial charge in [0, 0.05) is 33.7 Å². The molecule has 0 fully saturated rings. The van der Waals surface area contributed by atoms with Gasteiger partial charge < -0.3 is 0 Å². The zero-order valence-electron chi connectivity index (χ0n) is 16.0. The predicted molar refractivity (Wildman–Crippen MR) is 120 cm³/mol. The molecule has 0 aliphatic rings. The van der Waals surface area contributed by atoms with Gasteiger partial charge in [-0.05, 0) is 18.2 Å². The van der Waals surface area contributed by atoms with Gasteiger partial charge in [-0.1, -0.05) is 60.1 Å². The van der Waals surface area contributed by atoms with E-state index in [1.54, 1.807) is 6.07 Å². The number of para-hydroxylation sites is 1. The van der Waals surface area contributed by atoms with Crippen LogP contribution in [0.3, 0.4) is 0 Å². The number of nitro groups is 1.